The fourth-order valence-corrected chi connectivity index (χ4v) is 2.09. The zero-order valence-electron chi connectivity index (χ0n) is 13.2. The van der Waals surface area contributed by atoms with Gasteiger partial charge in [-0.25, -0.2) is 4.98 Å². The lowest BCUT2D eigenvalue weighted by Gasteiger charge is -2.13. The van der Waals surface area contributed by atoms with Gasteiger partial charge >= 0.3 is 6.36 Å². The summed E-state index contributed by atoms with van der Waals surface area (Å²) in [5.74, 6) is -0.170. The van der Waals surface area contributed by atoms with E-state index < -0.39 is 6.36 Å². The molecule has 0 bridgehead atoms. The van der Waals surface area contributed by atoms with E-state index in [1.807, 2.05) is 0 Å². The summed E-state index contributed by atoms with van der Waals surface area (Å²) in [7, 11) is 1.72. The van der Waals surface area contributed by atoms with Crippen molar-refractivity contribution in [3.8, 4) is 5.75 Å². The Labute approximate surface area is 136 Å². The van der Waals surface area contributed by atoms with E-state index in [9.17, 15) is 18.0 Å². The van der Waals surface area contributed by atoms with Gasteiger partial charge in [-0.1, -0.05) is 19.1 Å². The summed E-state index contributed by atoms with van der Waals surface area (Å²) in [4.78, 5) is 16.1. The minimum absolute atomic E-state index is 0.173. The van der Waals surface area contributed by atoms with Crippen LogP contribution in [0.25, 0.3) is 0 Å². The van der Waals surface area contributed by atoms with E-state index in [-0.39, 0.29) is 24.1 Å². The van der Waals surface area contributed by atoms with E-state index in [0.29, 0.717) is 12.2 Å². The lowest BCUT2D eigenvalue weighted by atomic mass is 10.0. The van der Waals surface area contributed by atoms with Gasteiger partial charge in [0.25, 0.3) is 0 Å². The van der Waals surface area contributed by atoms with Gasteiger partial charge in [0.15, 0.2) is 0 Å². The van der Waals surface area contributed by atoms with Gasteiger partial charge in [0.05, 0.1) is 6.54 Å². The zero-order valence-corrected chi connectivity index (χ0v) is 13.2. The van der Waals surface area contributed by atoms with Crippen LogP contribution in [0.1, 0.15) is 18.3 Å². The first-order chi connectivity index (χ1) is 11.2. The van der Waals surface area contributed by atoms with E-state index in [1.54, 1.807) is 18.7 Å². The first-order valence-corrected chi connectivity index (χ1v) is 7.20. The Balaban J connectivity index is 1.85. The summed E-state index contributed by atoms with van der Waals surface area (Å²) in [6.45, 7) is 2.00. The molecule has 9 heteroatoms. The van der Waals surface area contributed by atoms with Crippen molar-refractivity contribution in [1.82, 2.24) is 20.1 Å². The lowest BCUT2D eigenvalue weighted by Crippen LogP contribution is -2.30. The molecule has 0 radical (unpaired) electrons. The van der Waals surface area contributed by atoms with Gasteiger partial charge in [0.1, 0.15) is 17.9 Å². The summed E-state index contributed by atoms with van der Waals surface area (Å²) in [5.41, 5.74) is 0.742. The lowest BCUT2D eigenvalue weighted by molar-refractivity contribution is -0.274. The number of hydrogen-bond acceptors (Lipinski definition) is 4. The van der Waals surface area contributed by atoms with Crippen molar-refractivity contribution in [2.24, 2.45) is 13.0 Å². The number of benzene rings is 1. The molecule has 0 fully saturated rings. The molecule has 0 spiro atoms. The molecular weight excluding hydrogens is 325 g/mol. The van der Waals surface area contributed by atoms with Crippen LogP contribution in [0.3, 0.4) is 0 Å². The topological polar surface area (TPSA) is 69.0 Å². The number of amides is 1. The highest BCUT2D eigenvalue weighted by molar-refractivity contribution is 5.78. The van der Waals surface area contributed by atoms with Crippen LogP contribution in [0.15, 0.2) is 30.6 Å². The number of carbonyl (C=O) groups is 1. The number of hydrogen-bond donors (Lipinski definition) is 1. The maximum Gasteiger partial charge on any atom is 0.573 e. The molecule has 24 heavy (non-hydrogen) atoms. The Bertz CT molecular complexity index is 683. The Morgan fingerprint density at radius 1 is 1.33 bits per heavy atom. The van der Waals surface area contributed by atoms with Crippen LogP contribution in [-0.4, -0.2) is 27.0 Å². The van der Waals surface area contributed by atoms with E-state index in [0.717, 1.165) is 5.56 Å². The van der Waals surface area contributed by atoms with Gasteiger partial charge < -0.3 is 10.1 Å². The standard InChI is InChI=1S/C15H17F3N4O2/c1-10(14(23)19-8-13-20-9-21-22(13)2)7-11-3-5-12(6-4-11)24-15(16,17)18/h3-6,9-10H,7-8H2,1-2H3,(H,19,23). The number of nitrogens with zero attached hydrogens (tertiary/aromatic N) is 3. The maximum absolute atomic E-state index is 12.1. The number of aromatic nitrogens is 3. The largest absolute Gasteiger partial charge is 0.573 e. The average molecular weight is 342 g/mol. The van der Waals surface area contributed by atoms with Crippen molar-refractivity contribution in [3.63, 3.8) is 0 Å². The van der Waals surface area contributed by atoms with Crippen LogP contribution < -0.4 is 10.1 Å². The molecule has 1 heterocycles. The predicted molar refractivity (Wildman–Crippen MR) is 78.8 cm³/mol. The smallest absolute Gasteiger partial charge is 0.406 e. The van der Waals surface area contributed by atoms with Crippen LogP contribution in [0.2, 0.25) is 0 Å². The van der Waals surface area contributed by atoms with Crippen molar-refractivity contribution in [1.29, 1.82) is 0 Å². The third-order valence-electron chi connectivity index (χ3n) is 3.37. The molecule has 1 amide bonds. The molecule has 1 N–H and O–H groups in total. The van der Waals surface area contributed by atoms with E-state index >= 15 is 0 Å². The number of aryl methyl sites for hydroxylation is 1. The summed E-state index contributed by atoms with van der Waals surface area (Å²) in [5, 5.41) is 6.66. The van der Waals surface area contributed by atoms with Gasteiger partial charge in [-0.3, -0.25) is 9.48 Å². The molecule has 0 aliphatic rings. The first kappa shape index (κ1) is 17.8. The first-order valence-electron chi connectivity index (χ1n) is 7.20. The molecule has 1 unspecified atom stereocenters. The molecule has 0 saturated heterocycles. The van der Waals surface area contributed by atoms with Gasteiger partial charge in [-0.15, -0.1) is 13.2 Å². The van der Waals surface area contributed by atoms with Crippen LogP contribution in [0, 0.1) is 5.92 Å². The Hall–Kier alpha value is -2.58. The van der Waals surface area contributed by atoms with Crippen molar-refractivity contribution in [2.75, 3.05) is 0 Å². The van der Waals surface area contributed by atoms with Crippen LogP contribution in [0.5, 0.6) is 5.75 Å². The SMILES string of the molecule is CC(Cc1ccc(OC(F)(F)F)cc1)C(=O)NCc1ncnn1C. The van der Waals surface area contributed by atoms with Gasteiger partial charge in [-0.05, 0) is 24.1 Å². The highest BCUT2D eigenvalue weighted by Gasteiger charge is 2.31. The Morgan fingerprint density at radius 2 is 2.00 bits per heavy atom. The summed E-state index contributed by atoms with van der Waals surface area (Å²) in [6.07, 6.45) is -2.92. The number of ether oxygens (including phenoxy) is 1. The van der Waals surface area contributed by atoms with Crippen molar-refractivity contribution < 1.29 is 22.7 Å². The van der Waals surface area contributed by atoms with Crippen molar-refractivity contribution in [2.45, 2.75) is 26.3 Å². The molecule has 2 aromatic rings. The van der Waals surface area contributed by atoms with Crippen LogP contribution in [0.4, 0.5) is 13.2 Å². The molecule has 1 atom stereocenters. The van der Waals surface area contributed by atoms with Crippen LogP contribution >= 0.6 is 0 Å². The third kappa shape index (κ3) is 5.25. The molecule has 1 aromatic heterocycles. The molecule has 0 saturated carbocycles. The fourth-order valence-electron chi connectivity index (χ4n) is 2.09. The van der Waals surface area contributed by atoms with Gasteiger partial charge in [-0.2, -0.15) is 5.10 Å². The van der Waals surface area contributed by atoms with Gasteiger partial charge in [0.2, 0.25) is 5.91 Å². The van der Waals surface area contributed by atoms with E-state index in [4.69, 9.17) is 0 Å². The minimum Gasteiger partial charge on any atom is -0.406 e. The molecule has 2 rings (SSSR count). The second-order valence-electron chi connectivity index (χ2n) is 5.31. The van der Waals surface area contributed by atoms with E-state index in [2.05, 4.69) is 20.1 Å². The quantitative estimate of drug-likeness (QED) is 0.874. The monoisotopic (exact) mass is 342 g/mol. The number of nitrogens with one attached hydrogen (secondary N) is 1. The number of carbonyl (C=O) groups excluding carboxylic acids is 1. The number of alkyl halides is 3. The molecule has 6 nitrogen and oxygen atoms in total. The molecular formula is C15H17F3N4O2. The second kappa shape index (κ2) is 7.33. The summed E-state index contributed by atoms with van der Waals surface area (Å²) in [6, 6.07) is 5.47. The van der Waals surface area contributed by atoms with Crippen LogP contribution in [-0.2, 0) is 24.8 Å². The predicted octanol–water partition coefficient (Wildman–Crippen LogP) is 2.21. The highest BCUT2D eigenvalue weighted by Crippen LogP contribution is 2.23. The minimum atomic E-state index is -4.71. The second-order valence-corrected chi connectivity index (χ2v) is 5.31. The Morgan fingerprint density at radius 3 is 2.54 bits per heavy atom. The molecule has 1 aromatic carbocycles. The molecule has 130 valence electrons. The Kier molecular flexibility index (Phi) is 5.42. The van der Waals surface area contributed by atoms with Crippen molar-refractivity contribution in [3.05, 3.63) is 42.0 Å². The zero-order chi connectivity index (χ0) is 17.7. The average Bonchev–Trinajstić information content (AvgIpc) is 2.90. The summed E-state index contributed by atoms with van der Waals surface area (Å²) < 4.78 is 41.7. The third-order valence-corrected chi connectivity index (χ3v) is 3.37. The van der Waals surface area contributed by atoms with Gasteiger partial charge in [0, 0.05) is 13.0 Å². The highest BCUT2D eigenvalue weighted by atomic mass is 19.4. The fraction of sp³-hybridized carbons (Fsp3) is 0.400. The molecule has 0 aliphatic heterocycles. The molecule has 0 aliphatic carbocycles. The maximum atomic E-state index is 12.1. The van der Waals surface area contributed by atoms with Crippen molar-refractivity contribution >= 4 is 5.91 Å². The number of halogens is 3. The van der Waals surface area contributed by atoms with E-state index in [1.165, 1.54) is 30.6 Å². The normalized spacial score (nSPS) is 12.7. The number of rotatable bonds is 6. The summed E-state index contributed by atoms with van der Waals surface area (Å²) >= 11 is 0.